The number of fused-ring (bicyclic) bond motifs is 1. The third kappa shape index (κ3) is 0.570. The molecule has 2 rings (SSSR count). The molecule has 0 aliphatic heterocycles. The maximum absolute atomic E-state index is 10.6. The van der Waals surface area contributed by atoms with Gasteiger partial charge in [-0.25, -0.2) is 4.79 Å². The van der Waals surface area contributed by atoms with Gasteiger partial charge in [-0.15, -0.1) is 0 Å². The smallest absolute Gasteiger partial charge is 0.456 e. The van der Waals surface area contributed by atoms with Gasteiger partial charge >= 0.3 is 11.7 Å². The highest BCUT2D eigenvalue weighted by molar-refractivity contribution is 5.84. The standard InChI is InChI=1S/C5H4N2O5/c6-1-2-3(12-4(1)8)7(10)5(9)11-2/h8,10H,6H2. The van der Waals surface area contributed by atoms with E-state index in [1.807, 2.05) is 0 Å². The Hall–Kier alpha value is -2.05. The van der Waals surface area contributed by atoms with E-state index >= 15 is 0 Å². The van der Waals surface area contributed by atoms with Gasteiger partial charge in [0.25, 0.3) is 5.71 Å². The van der Waals surface area contributed by atoms with Crippen LogP contribution in [0.4, 0.5) is 5.69 Å². The molecule has 7 heteroatoms. The normalized spacial score (nSPS) is 11.0. The van der Waals surface area contributed by atoms with Crippen molar-refractivity contribution in [2.24, 2.45) is 0 Å². The Kier molecular flexibility index (Phi) is 0.972. The van der Waals surface area contributed by atoms with Crippen LogP contribution in [0.1, 0.15) is 0 Å². The summed E-state index contributed by atoms with van der Waals surface area (Å²) in [6.45, 7) is 0. The first-order chi connectivity index (χ1) is 5.61. The van der Waals surface area contributed by atoms with Crippen LogP contribution < -0.4 is 11.5 Å². The summed E-state index contributed by atoms with van der Waals surface area (Å²) in [5.74, 6) is -1.61. The molecular formula is C5H4N2O5. The topological polar surface area (TPSA) is 115 Å². The first-order valence-electron chi connectivity index (χ1n) is 2.93. The van der Waals surface area contributed by atoms with Gasteiger partial charge in [0.2, 0.25) is 5.58 Å². The zero-order chi connectivity index (χ0) is 8.88. The third-order valence-electron chi connectivity index (χ3n) is 1.42. The van der Waals surface area contributed by atoms with Gasteiger partial charge in [-0.1, -0.05) is 4.73 Å². The summed E-state index contributed by atoms with van der Waals surface area (Å²) in [4.78, 5) is 10.6. The molecular weight excluding hydrogens is 168 g/mol. The minimum Gasteiger partial charge on any atom is -0.479 e. The van der Waals surface area contributed by atoms with Crippen LogP contribution in [0.15, 0.2) is 13.6 Å². The van der Waals surface area contributed by atoms with E-state index in [1.165, 1.54) is 0 Å². The van der Waals surface area contributed by atoms with E-state index in [1.54, 1.807) is 0 Å². The highest BCUT2D eigenvalue weighted by Gasteiger charge is 2.19. The number of nitrogen functional groups attached to an aromatic ring is 1. The minimum absolute atomic E-state index is 0.116. The van der Waals surface area contributed by atoms with Crippen LogP contribution in [0, 0.1) is 0 Å². The number of aromatic hydroxyl groups is 1. The molecule has 0 amide bonds. The molecule has 0 fully saturated rings. The molecule has 4 N–H and O–H groups in total. The number of furan rings is 1. The second-order valence-corrected chi connectivity index (χ2v) is 2.13. The zero-order valence-electron chi connectivity index (χ0n) is 5.64. The van der Waals surface area contributed by atoms with Crippen molar-refractivity contribution in [3.63, 3.8) is 0 Å². The van der Waals surface area contributed by atoms with Crippen LogP contribution in [0.25, 0.3) is 11.3 Å². The molecule has 0 atom stereocenters. The second-order valence-electron chi connectivity index (χ2n) is 2.13. The molecule has 0 saturated heterocycles. The number of nitrogens with zero attached hydrogens (tertiary/aromatic N) is 1. The molecule has 2 aromatic heterocycles. The summed E-state index contributed by atoms with van der Waals surface area (Å²) in [5, 5.41) is 17.8. The summed E-state index contributed by atoms with van der Waals surface area (Å²) >= 11 is 0. The molecule has 12 heavy (non-hydrogen) atoms. The molecule has 0 radical (unpaired) electrons. The van der Waals surface area contributed by atoms with E-state index < -0.39 is 11.7 Å². The minimum atomic E-state index is -1.02. The number of anilines is 1. The Morgan fingerprint density at radius 1 is 1.42 bits per heavy atom. The molecule has 0 aliphatic rings. The molecule has 7 nitrogen and oxygen atoms in total. The number of nitrogens with two attached hydrogens (primary N) is 1. The maximum Gasteiger partial charge on any atom is 0.456 e. The molecule has 0 unspecified atom stereocenters. The fourth-order valence-corrected chi connectivity index (χ4v) is 0.857. The van der Waals surface area contributed by atoms with Gasteiger partial charge < -0.3 is 24.9 Å². The largest absolute Gasteiger partial charge is 0.479 e. The van der Waals surface area contributed by atoms with Crippen molar-refractivity contribution in [1.29, 1.82) is 0 Å². The predicted octanol–water partition coefficient (Wildman–Crippen LogP) is -0.287. The van der Waals surface area contributed by atoms with E-state index in [0.29, 0.717) is 0 Å². The Balaban J connectivity index is 3.03. The number of aromatic nitrogens is 1. The fourth-order valence-electron chi connectivity index (χ4n) is 0.857. The van der Waals surface area contributed by atoms with Gasteiger partial charge in [0.1, 0.15) is 0 Å². The van der Waals surface area contributed by atoms with Gasteiger partial charge in [0.15, 0.2) is 5.69 Å². The van der Waals surface area contributed by atoms with Crippen molar-refractivity contribution in [2.45, 2.75) is 0 Å². The molecule has 0 spiro atoms. The maximum atomic E-state index is 10.6. The second kappa shape index (κ2) is 1.76. The van der Waals surface area contributed by atoms with Gasteiger partial charge in [-0.05, 0) is 0 Å². The Morgan fingerprint density at radius 2 is 2.08 bits per heavy atom. The predicted molar refractivity (Wildman–Crippen MR) is 36.0 cm³/mol. The lowest BCUT2D eigenvalue weighted by atomic mass is 10.5. The molecule has 2 heterocycles. The van der Waals surface area contributed by atoms with Crippen LogP contribution in [0.2, 0.25) is 0 Å². The highest BCUT2D eigenvalue weighted by Crippen LogP contribution is 2.31. The first-order valence-corrected chi connectivity index (χ1v) is 2.93. The Bertz CT molecular complexity index is 490. The molecule has 2 aromatic rings. The van der Waals surface area contributed by atoms with Crippen molar-refractivity contribution in [1.82, 2.24) is 4.73 Å². The molecule has 64 valence electrons. The summed E-state index contributed by atoms with van der Waals surface area (Å²) < 4.78 is 9.05. The van der Waals surface area contributed by atoms with E-state index in [9.17, 15) is 4.79 Å². The van der Waals surface area contributed by atoms with Crippen molar-refractivity contribution in [2.75, 3.05) is 5.73 Å². The number of oxazole rings is 1. The van der Waals surface area contributed by atoms with Crippen LogP contribution in [-0.4, -0.2) is 15.0 Å². The average Bonchev–Trinajstić information content (AvgIpc) is 2.43. The van der Waals surface area contributed by atoms with Crippen LogP contribution in [0.5, 0.6) is 5.95 Å². The van der Waals surface area contributed by atoms with Crippen LogP contribution >= 0.6 is 0 Å². The molecule has 0 bridgehead atoms. The van der Waals surface area contributed by atoms with E-state index in [2.05, 4.69) is 8.83 Å². The monoisotopic (exact) mass is 172 g/mol. The van der Waals surface area contributed by atoms with E-state index in [-0.39, 0.29) is 21.7 Å². The van der Waals surface area contributed by atoms with Crippen LogP contribution in [-0.2, 0) is 0 Å². The lowest BCUT2D eigenvalue weighted by Crippen LogP contribution is -2.09. The quantitative estimate of drug-likeness (QED) is 0.470. The summed E-state index contributed by atoms with van der Waals surface area (Å²) in [6.07, 6.45) is 0. The van der Waals surface area contributed by atoms with E-state index in [0.717, 1.165) is 0 Å². The van der Waals surface area contributed by atoms with E-state index in [4.69, 9.17) is 16.0 Å². The molecule has 0 aliphatic carbocycles. The van der Waals surface area contributed by atoms with Crippen molar-refractivity contribution in [3.05, 3.63) is 10.6 Å². The van der Waals surface area contributed by atoms with Crippen molar-refractivity contribution >= 4 is 17.0 Å². The molecule has 0 saturated carbocycles. The summed E-state index contributed by atoms with van der Waals surface area (Å²) in [6, 6.07) is 0. The zero-order valence-corrected chi connectivity index (χ0v) is 5.64. The SMILES string of the molecule is Nc1c(O)oc2c1oc(=O)n2O. The number of rotatable bonds is 0. The molecule has 0 aromatic carbocycles. The third-order valence-corrected chi connectivity index (χ3v) is 1.42. The van der Waals surface area contributed by atoms with Gasteiger partial charge in [-0.2, -0.15) is 0 Å². The van der Waals surface area contributed by atoms with Crippen molar-refractivity contribution < 1.29 is 19.1 Å². The van der Waals surface area contributed by atoms with Gasteiger partial charge in [0.05, 0.1) is 0 Å². The van der Waals surface area contributed by atoms with Gasteiger partial charge in [0, 0.05) is 0 Å². The fraction of sp³-hybridized carbons (Fsp3) is 0. The van der Waals surface area contributed by atoms with Crippen LogP contribution in [0.3, 0.4) is 0 Å². The Labute approximate surface area is 64.2 Å². The first kappa shape index (κ1) is 6.65. The summed E-state index contributed by atoms with van der Waals surface area (Å²) in [5.41, 5.74) is 4.53. The lowest BCUT2D eigenvalue weighted by Gasteiger charge is -1.83. The van der Waals surface area contributed by atoms with Crippen molar-refractivity contribution in [3.8, 4) is 5.95 Å². The lowest BCUT2D eigenvalue weighted by molar-refractivity contribution is 0.159. The summed E-state index contributed by atoms with van der Waals surface area (Å²) in [7, 11) is 0. The highest BCUT2D eigenvalue weighted by atomic mass is 16.6. The number of hydrogen-bond donors (Lipinski definition) is 3. The van der Waals surface area contributed by atoms with Gasteiger partial charge in [-0.3, -0.25) is 0 Å². The Morgan fingerprint density at radius 3 is 2.67 bits per heavy atom. The average molecular weight is 172 g/mol. The number of hydrogen-bond acceptors (Lipinski definition) is 6.